The van der Waals surface area contributed by atoms with Crippen LogP contribution in [-0.4, -0.2) is 23.1 Å². The third kappa shape index (κ3) is 2.53. The molecule has 0 saturated carbocycles. The number of rotatable bonds is 4. The van der Waals surface area contributed by atoms with Gasteiger partial charge >= 0.3 is 5.69 Å². The third-order valence-corrected chi connectivity index (χ3v) is 2.33. The van der Waals surface area contributed by atoms with Crippen molar-refractivity contribution in [3.05, 3.63) is 33.9 Å². The number of carbonyl (C=O) groups is 1. The van der Waals surface area contributed by atoms with Gasteiger partial charge in [-0.1, -0.05) is 15.9 Å². The maximum Gasteiger partial charge on any atom is 0.310 e. The Hall–Kier alpha value is -1.43. The summed E-state index contributed by atoms with van der Waals surface area (Å²) in [5.74, 6) is -0.0602. The van der Waals surface area contributed by atoms with Crippen LogP contribution in [0.2, 0.25) is 0 Å². The monoisotopic (exact) mass is 273 g/mol. The molecule has 0 aliphatic rings. The summed E-state index contributed by atoms with van der Waals surface area (Å²) in [5.41, 5.74) is 0.234. The summed E-state index contributed by atoms with van der Waals surface area (Å²) in [4.78, 5) is 21.3. The lowest BCUT2D eigenvalue weighted by Gasteiger charge is -2.03. The lowest BCUT2D eigenvalue weighted by atomic mass is 10.1. The van der Waals surface area contributed by atoms with Crippen molar-refractivity contribution in [3.63, 3.8) is 0 Å². The minimum atomic E-state index is -0.554. The number of nitro groups is 1. The number of Topliss-reactive ketones (excluding diaryl/α,β-unsaturated/α-hetero) is 1. The number of hydrogen-bond donors (Lipinski definition) is 0. The van der Waals surface area contributed by atoms with Gasteiger partial charge in [-0.2, -0.15) is 0 Å². The Morgan fingerprint density at radius 1 is 1.60 bits per heavy atom. The Morgan fingerprint density at radius 2 is 2.27 bits per heavy atom. The minimum absolute atomic E-state index is 0.0896. The molecule has 0 unspecified atom stereocenters. The fourth-order valence-corrected chi connectivity index (χ4v) is 1.40. The molecular formula is C9H8BrNO4. The Morgan fingerprint density at radius 3 is 2.73 bits per heavy atom. The molecule has 80 valence electrons. The van der Waals surface area contributed by atoms with E-state index in [9.17, 15) is 14.9 Å². The Bertz CT molecular complexity index is 405. The van der Waals surface area contributed by atoms with Crippen molar-refractivity contribution < 1.29 is 14.5 Å². The second-order valence-corrected chi connectivity index (χ2v) is 3.26. The van der Waals surface area contributed by atoms with E-state index in [2.05, 4.69) is 15.9 Å². The van der Waals surface area contributed by atoms with E-state index in [0.29, 0.717) is 5.56 Å². The summed E-state index contributed by atoms with van der Waals surface area (Å²) >= 11 is 3.02. The molecule has 0 N–H and O–H groups in total. The average Bonchev–Trinajstić information content (AvgIpc) is 2.26. The van der Waals surface area contributed by atoms with Gasteiger partial charge in [-0.15, -0.1) is 0 Å². The van der Waals surface area contributed by atoms with E-state index in [-0.39, 0.29) is 22.6 Å². The molecule has 15 heavy (non-hydrogen) atoms. The van der Waals surface area contributed by atoms with Crippen molar-refractivity contribution in [3.8, 4) is 5.75 Å². The zero-order valence-corrected chi connectivity index (χ0v) is 9.48. The number of nitrogens with zero attached hydrogens (tertiary/aromatic N) is 1. The SMILES string of the molecule is COc1cc(C(=O)CBr)ccc1[N+](=O)[O-]. The topological polar surface area (TPSA) is 69.4 Å². The lowest BCUT2D eigenvalue weighted by molar-refractivity contribution is -0.385. The number of methoxy groups -OCH3 is 1. The molecule has 0 saturated heterocycles. The van der Waals surface area contributed by atoms with Crippen molar-refractivity contribution in [2.24, 2.45) is 0 Å². The largest absolute Gasteiger partial charge is 0.490 e. The second kappa shape index (κ2) is 4.88. The molecule has 6 heteroatoms. The van der Waals surface area contributed by atoms with Crippen LogP contribution in [0.25, 0.3) is 0 Å². The van der Waals surface area contributed by atoms with Crippen LogP contribution in [0.4, 0.5) is 5.69 Å². The number of halogens is 1. The molecular weight excluding hydrogens is 266 g/mol. The molecule has 0 bridgehead atoms. The van der Waals surface area contributed by atoms with Crippen molar-refractivity contribution in [2.75, 3.05) is 12.4 Å². The van der Waals surface area contributed by atoms with E-state index < -0.39 is 4.92 Å². The van der Waals surface area contributed by atoms with Crippen molar-refractivity contribution in [1.82, 2.24) is 0 Å². The molecule has 0 atom stereocenters. The second-order valence-electron chi connectivity index (χ2n) is 2.70. The molecule has 1 rings (SSSR count). The van der Waals surface area contributed by atoms with Gasteiger partial charge in [0.15, 0.2) is 11.5 Å². The van der Waals surface area contributed by atoms with Crippen LogP contribution in [-0.2, 0) is 0 Å². The van der Waals surface area contributed by atoms with Gasteiger partial charge in [0.25, 0.3) is 0 Å². The van der Waals surface area contributed by atoms with Gasteiger partial charge in [-0.25, -0.2) is 0 Å². The molecule has 0 aliphatic carbocycles. The number of ketones is 1. The van der Waals surface area contributed by atoms with Gasteiger partial charge in [0.1, 0.15) is 0 Å². The maximum absolute atomic E-state index is 11.3. The molecule has 0 heterocycles. The van der Waals surface area contributed by atoms with Gasteiger partial charge in [0.05, 0.1) is 17.4 Å². The summed E-state index contributed by atoms with van der Waals surface area (Å²) in [5, 5.41) is 10.7. The summed E-state index contributed by atoms with van der Waals surface area (Å²) < 4.78 is 4.83. The highest BCUT2D eigenvalue weighted by atomic mass is 79.9. The van der Waals surface area contributed by atoms with Crippen molar-refractivity contribution in [2.45, 2.75) is 0 Å². The quantitative estimate of drug-likeness (QED) is 0.365. The highest BCUT2D eigenvalue weighted by Crippen LogP contribution is 2.27. The summed E-state index contributed by atoms with van der Waals surface area (Å²) in [7, 11) is 1.32. The fraction of sp³-hybridized carbons (Fsp3) is 0.222. The van der Waals surface area contributed by atoms with E-state index in [1.165, 1.54) is 25.3 Å². The normalized spacial score (nSPS) is 9.73. The Labute approximate surface area is 94.3 Å². The van der Waals surface area contributed by atoms with E-state index in [4.69, 9.17) is 4.74 Å². The Kier molecular flexibility index (Phi) is 3.79. The molecule has 0 spiro atoms. The van der Waals surface area contributed by atoms with Crippen LogP contribution >= 0.6 is 15.9 Å². The standard InChI is InChI=1S/C9H8BrNO4/c1-15-9-4-6(8(12)5-10)2-3-7(9)11(13)14/h2-4H,5H2,1H3. The van der Waals surface area contributed by atoms with Gasteiger partial charge in [-0.3, -0.25) is 14.9 Å². The Balaban J connectivity index is 3.19. The smallest absolute Gasteiger partial charge is 0.310 e. The summed E-state index contributed by atoms with van der Waals surface area (Å²) in [6.45, 7) is 0. The molecule has 0 aliphatic heterocycles. The zero-order chi connectivity index (χ0) is 11.4. The van der Waals surface area contributed by atoms with E-state index >= 15 is 0 Å². The van der Waals surface area contributed by atoms with Crippen LogP contribution in [0, 0.1) is 10.1 Å². The van der Waals surface area contributed by atoms with Crippen LogP contribution in [0.5, 0.6) is 5.75 Å². The molecule has 0 radical (unpaired) electrons. The van der Waals surface area contributed by atoms with Gasteiger partial charge < -0.3 is 4.74 Å². The number of hydrogen-bond acceptors (Lipinski definition) is 4. The highest BCUT2D eigenvalue weighted by Gasteiger charge is 2.16. The van der Waals surface area contributed by atoms with Gasteiger partial charge in [0.2, 0.25) is 0 Å². The predicted octanol–water partition coefficient (Wildman–Crippen LogP) is 2.18. The first-order valence-electron chi connectivity index (χ1n) is 4.01. The molecule has 1 aromatic carbocycles. The van der Waals surface area contributed by atoms with E-state index in [0.717, 1.165) is 0 Å². The third-order valence-electron chi connectivity index (χ3n) is 1.82. The summed E-state index contributed by atoms with van der Waals surface area (Å²) in [6.07, 6.45) is 0. The number of carbonyl (C=O) groups excluding carboxylic acids is 1. The van der Waals surface area contributed by atoms with Crippen LogP contribution in [0.3, 0.4) is 0 Å². The number of benzene rings is 1. The van der Waals surface area contributed by atoms with Crippen LogP contribution < -0.4 is 4.74 Å². The number of ether oxygens (including phenoxy) is 1. The first-order chi connectivity index (χ1) is 7.10. The molecule has 5 nitrogen and oxygen atoms in total. The van der Waals surface area contributed by atoms with Gasteiger partial charge in [0, 0.05) is 11.6 Å². The summed E-state index contributed by atoms with van der Waals surface area (Å²) in [6, 6.07) is 4.03. The van der Waals surface area contributed by atoms with Crippen LogP contribution in [0.1, 0.15) is 10.4 Å². The maximum atomic E-state index is 11.3. The fourth-order valence-electron chi connectivity index (χ4n) is 1.08. The molecule has 1 aromatic rings. The highest BCUT2D eigenvalue weighted by molar-refractivity contribution is 9.09. The zero-order valence-electron chi connectivity index (χ0n) is 7.90. The van der Waals surface area contributed by atoms with Crippen molar-refractivity contribution >= 4 is 27.4 Å². The first kappa shape index (κ1) is 11.6. The average molecular weight is 274 g/mol. The van der Waals surface area contributed by atoms with Gasteiger partial charge in [-0.05, 0) is 12.1 Å². The number of nitro benzene ring substituents is 1. The molecule has 0 aromatic heterocycles. The minimum Gasteiger partial charge on any atom is -0.490 e. The van der Waals surface area contributed by atoms with Crippen LogP contribution in [0.15, 0.2) is 18.2 Å². The lowest BCUT2D eigenvalue weighted by Crippen LogP contribution is -2.01. The molecule has 0 amide bonds. The van der Waals surface area contributed by atoms with E-state index in [1.54, 1.807) is 0 Å². The van der Waals surface area contributed by atoms with E-state index in [1.807, 2.05) is 0 Å². The van der Waals surface area contributed by atoms with Crippen molar-refractivity contribution in [1.29, 1.82) is 0 Å². The molecule has 0 fully saturated rings. The number of alkyl halides is 1. The first-order valence-corrected chi connectivity index (χ1v) is 5.14. The predicted molar refractivity (Wildman–Crippen MR) is 57.8 cm³/mol.